The maximum atomic E-state index is 13.6. The molecule has 1 heterocycles. The third-order valence-corrected chi connectivity index (χ3v) is 9.26. The molecule has 1 saturated heterocycles. The molecule has 7 nitrogen and oxygen atoms in total. The fraction of sp³-hybridized carbons (Fsp3) is 0.406. The van der Waals surface area contributed by atoms with Gasteiger partial charge in [-0.25, -0.2) is 4.39 Å². The molecule has 0 aromatic heterocycles. The van der Waals surface area contributed by atoms with Crippen LogP contribution in [0.25, 0.3) is 0 Å². The van der Waals surface area contributed by atoms with E-state index >= 15 is 0 Å². The predicted molar refractivity (Wildman–Crippen MR) is 157 cm³/mol. The van der Waals surface area contributed by atoms with E-state index in [-0.39, 0.29) is 34.4 Å². The Bertz CT molecular complexity index is 1630. The van der Waals surface area contributed by atoms with Crippen LogP contribution in [-0.2, 0) is 32.0 Å². The fourth-order valence-corrected chi connectivity index (χ4v) is 6.58. The van der Waals surface area contributed by atoms with Crippen molar-refractivity contribution in [3.8, 4) is 0 Å². The average Bonchev–Trinajstić information content (AvgIpc) is 3.51. The molecule has 5 rings (SSSR count). The number of rotatable bonds is 6. The Balaban J connectivity index is 0.000000427. The molecule has 0 unspecified atom stereocenters. The van der Waals surface area contributed by atoms with Gasteiger partial charge in [0.25, 0.3) is 10.1 Å². The molecule has 1 aliphatic heterocycles. The largest absolute Gasteiger partial charge is 0.416 e. The molecule has 256 valence electrons. The molecule has 47 heavy (non-hydrogen) atoms. The van der Waals surface area contributed by atoms with Gasteiger partial charge < -0.3 is 15.8 Å². The monoisotopic (exact) mass is 690 g/mol. The molecule has 0 spiro atoms. The van der Waals surface area contributed by atoms with Gasteiger partial charge in [-0.1, -0.05) is 30.3 Å². The van der Waals surface area contributed by atoms with Crippen molar-refractivity contribution in [3.05, 3.63) is 101 Å². The minimum Gasteiger partial charge on any atom is -0.370 e. The van der Waals surface area contributed by atoms with E-state index in [2.05, 4.69) is 5.32 Å². The van der Waals surface area contributed by atoms with Gasteiger partial charge in [0.2, 0.25) is 5.91 Å². The molecule has 1 saturated carbocycles. The van der Waals surface area contributed by atoms with E-state index in [1.54, 1.807) is 37.3 Å². The van der Waals surface area contributed by atoms with Crippen LogP contribution in [0.15, 0.2) is 77.7 Å². The number of alkyl halides is 6. The van der Waals surface area contributed by atoms with E-state index in [0.29, 0.717) is 37.0 Å². The number of hydrogen-bond donors (Lipinski definition) is 3. The summed E-state index contributed by atoms with van der Waals surface area (Å²) in [5.41, 5.74) is 2.63. The van der Waals surface area contributed by atoms with Crippen molar-refractivity contribution in [1.82, 2.24) is 5.32 Å². The van der Waals surface area contributed by atoms with Gasteiger partial charge in [-0.3, -0.25) is 9.35 Å². The minimum absolute atomic E-state index is 0.0741. The molecular weight excluding hydrogens is 657 g/mol. The van der Waals surface area contributed by atoms with Crippen LogP contribution in [0.5, 0.6) is 0 Å². The first kappa shape index (κ1) is 36.3. The molecule has 1 aliphatic carbocycles. The summed E-state index contributed by atoms with van der Waals surface area (Å²) in [5, 5.41) is 2.91. The summed E-state index contributed by atoms with van der Waals surface area (Å²) in [4.78, 5) is 12.2. The number of amides is 1. The highest BCUT2D eigenvalue weighted by molar-refractivity contribution is 7.85. The van der Waals surface area contributed by atoms with Crippen LogP contribution in [0.2, 0.25) is 0 Å². The van der Waals surface area contributed by atoms with Gasteiger partial charge in [0.1, 0.15) is 5.82 Å². The van der Waals surface area contributed by atoms with E-state index in [0.717, 1.165) is 0 Å². The first-order chi connectivity index (χ1) is 21.7. The van der Waals surface area contributed by atoms with Gasteiger partial charge >= 0.3 is 12.4 Å². The van der Waals surface area contributed by atoms with Gasteiger partial charge in [0.05, 0.1) is 33.8 Å². The molecule has 15 heteroatoms. The lowest BCUT2D eigenvalue weighted by molar-refractivity contribution is -0.143. The Morgan fingerprint density at radius 1 is 0.936 bits per heavy atom. The Hall–Kier alpha value is -3.53. The summed E-state index contributed by atoms with van der Waals surface area (Å²) < 4.78 is 129. The molecule has 2 aliphatic rings. The van der Waals surface area contributed by atoms with E-state index < -0.39 is 63.1 Å². The van der Waals surface area contributed by atoms with Crippen LogP contribution in [0, 0.1) is 11.7 Å². The van der Waals surface area contributed by atoms with Crippen molar-refractivity contribution in [2.75, 3.05) is 0 Å². The SMILES string of the molecule is C[C@@H](O[C@H]1CC[C@@H]([C@H]2C[C@@](C)(N)C(=O)N2)[C@@H]1c1ccc(F)cc1)c1cc(C(F)(F)F)cc(C(F)(F)F)c1.O=S(=O)(O)c1ccccc1. The Kier molecular flexibility index (Phi) is 10.5. The van der Waals surface area contributed by atoms with Crippen LogP contribution in [0.1, 0.15) is 67.4 Å². The number of nitrogens with two attached hydrogens (primary N) is 1. The number of carbonyl (C=O) groups excluding carboxylic acids is 1. The topological polar surface area (TPSA) is 119 Å². The lowest BCUT2D eigenvalue weighted by Gasteiger charge is -2.31. The Morgan fingerprint density at radius 2 is 1.49 bits per heavy atom. The molecule has 0 radical (unpaired) electrons. The van der Waals surface area contributed by atoms with Crippen LogP contribution in [0.4, 0.5) is 30.7 Å². The molecule has 1 amide bonds. The van der Waals surface area contributed by atoms with Gasteiger partial charge in [0, 0.05) is 12.0 Å². The predicted octanol–water partition coefficient (Wildman–Crippen LogP) is 7.04. The number of halogens is 7. The maximum absolute atomic E-state index is 13.6. The number of benzene rings is 3. The minimum atomic E-state index is -4.97. The molecular formula is C32H33F7N2O5S. The van der Waals surface area contributed by atoms with Crippen molar-refractivity contribution in [2.45, 2.75) is 80.1 Å². The Morgan fingerprint density at radius 3 is 1.94 bits per heavy atom. The molecule has 2 fully saturated rings. The number of ether oxygens (including phenoxy) is 1. The second-order valence-electron chi connectivity index (χ2n) is 12.0. The highest BCUT2D eigenvalue weighted by Gasteiger charge is 2.49. The van der Waals surface area contributed by atoms with Crippen LogP contribution in [0.3, 0.4) is 0 Å². The van der Waals surface area contributed by atoms with Crippen molar-refractivity contribution in [1.29, 1.82) is 0 Å². The summed E-state index contributed by atoms with van der Waals surface area (Å²) in [6.07, 6.45) is -10.3. The van der Waals surface area contributed by atoms with Crippen molar-refractivity contribution >= 4 is 16.0 Å². The normalized spacial score (nSPS) is 25.6. The molecule has 0 bridgehead atoms. The second kappa shape index (κ2) is 13.5. The van der Waals surface area contributed by atoms with Gasteiger partial charge in [-0.15, -0.1) is 0 Å². The van der Waals surface area contributed by atoms with Gasteiger partial charge in [-0.05, 0) is 92.6 Å². The summed E-state index contributed by atoms with van der Waals surface area (Å²) in [5.74, 6) is -1.34. The maximum Gasteiger partial charge on any atom is 0.416 e. The van der Waals surface area contributed by atoms with Gasteiger partial charge in [0.15, 0.2) is 0 Å². The first-order valence-electron chi connectivity index (χ1n) is 14.5. The summed E-state index contributed by atoms with van der Waals surface area (Å²) in [6, 6.07) is 14.2. The third kappa shape index (κ3) is 8.89. The zero-order valence-electron chi connectivity index (χ0n) is 25.1. The van der Waals surface area contributed by atoms with Crippen molar-refractivity contribution in [3.63, 3.8) is 0 Å². The zero-order chi connectivity index (χ0) is 34.9. The second-order valence-corrected chi connectivity index (χ2v) is 13.4. The third-order valence-electron chi connectivity index (χ3n) is 8.40. The fourth-order valence-electron chi connectivity index (χ4n) is 6.08. The van der Waals surface area contributed by atoms with Crippen LogP contribution < -0.4 is 11.1 Å². The van der Waals surface area contributed by atoms with Crippen LogP contribution >= 0.6 is 0 Å². The van der Waals surface area contributed by atoms with E-state index in [1.165, 1.54) is 31.2 Å². The zero-order valence-corrected chi connectivity index (χ0v) is 26.0. The Labute approximate surface area is 267 Å². The number of carbonyl (C=O) groups is 1. The van der Waals surface area contributed by atoms with E-state index in [4.69, 9.17) is 15.0 Å². The summed E-state index contributed by atoms with van der Waals surface area (Å²) in [7, 11) is -4.00. The quantitative estimate of drug-likeness (QED) is 0.189. The van der Waals surface area contributed by atoms with E-state index in [1.807, 2.05) is 0 Å². The number of hydrogen-bond acceptors (Lipinski definition) is 5. The highest BCUT2D eigenvalue weighted by atomic mass is 32.2. The smallest absolute Gasteiger partial charge is 0.370 e. The van der Waals surface area contributed by atoms with Crippen LogP contribution in [-0.4, -0.2) is 36.6 Å². The average molecular weight is 691 g/mol. The summed E-state index contributed by atoms with van der Waals surface area (Å²) in [6.45, 7) is 3.02. The highest BCUT2D eigenvalue weighted by Crippen LogP contribution is 2.47. The summed E-state index contributed by atoms with van der Waals surface area (Å²) >= 11 is 0. The van der Waals surface area contributed by atoms with E-state index in [9.17, 15) is 43.9 Å². The standard InChI is InChI=1S/C26H27F7N2O2.C6H6O3S/c1-13(15-9-16(25(28,29)30)11-17(10-15)26(31,32)33)37-21-8-7-19(20-12-24(2,34)23(36)35-20)22(21)14-3-5-18(27)6-4-14;7-10(8,9)6-4-2-1-3-5-6/h3-6,9-11,13,19-22H,7-8,12,34H2,1-2H3,(H,35,36);1-5H,(H,7,8,9)/t13-,19+,20-,21+,22+,24-;/m1./s1. The number of nitrogens with one attached hydrogen (secondary N) is 1. The molecule has 4 N–H and O–H groups in total. The van der Waals surface area contributed by atoms with Crippen molar-refractivity contribution < 1.29 is 53.2 Å². The van der Waals surface area contributed by atoms with Crippen molar-refractivity contribution in [2.24, 2.45) is 11.7 Å². The molecule has 6 atom stereocenters. The lowest BCUT2D eigenvalue weighted by Crippen LogP contribution is -2.43. The molecule has 3 aromatic carbocycles. The molecule has 3 aromatic rings. The lowest BCUT2D eigenvalue weighted by atomic mass is 9.81. The first-order valence-corrected chi connectivity index (χ1v) is 15.9. The van der Waals surface area contributed by atoms with Gasteiger partial charge in [-0.2, -0.15) is 34.8 Å².